The number of hydrogen-bond donors (Lipinski definition) is 3. The van der Waals surface area contributed by atoms with Crippen molar-refractivity contribution >= 4 is 29.9 Å². The molecule has 0 bridgehead atoms. The average molecular weight is 456 g/mol. The number of aryl methyl sites for hydroxylation is 3. The van der Waals surface area contributed by atoms with Gasteiger partial charge in [-0.25, -0.2) is 9.97 Å². The fourth-order valence-electron chi connectivity index (χ4n) is 3.94. The number of amides is 1. The number of nitrogens with one attached hydrogen (secondary N) is 3. The fourth-order valence-corrected chi connectivity index (χ4v) is 3.94. The summed E-state index contributed by atoms with van der Waals surface area (Å²) in [6.07, 6.45) is 3.76. The first-order chi connectivity index (χ1) is 15.0. The summed E-state index contributed by atoms with van der Waals surface area (Å²) < 4.78 is 1.72. The molecule has 2 aromatic heterocycles. The van der Waals surface area contributed by atoms with E-state index in [1.54, 1.807) is 16.9 Å². The summed E-state index contributed by atoms with van der Waals surface area (Å²) in [5.41, 5.74) is 5.15. The summed E-state index contributed by atoms with van der Waals surface area (Å²) in [6, 6.07) is 9.99. The minimum Gasteiger partial charge on any atom is -0.347 e. The van der Waals surface area contributed by atoms with Crippen LogP contribution >= 0.6 is 12.4 Å². The quantitative estimate of drug-likeness (QED) is 0.525. The van der Waals surface area contributed by atoms with Crippen LogP contribution in [0.4, 0.5) is 11.6 Å². The molecule has 3 aromatic rings. The SMILES string of the molecule is CCn1nc(-c2ccnc(Nc3cc(C)cc(C)c3)n2)cc1C(=O)N[C@@H]1CCCNC1.Cl. The number of piperidine rings is 1. The molecule has 1 fully saturated rings. The zero-order valence-electron chi connectivity index (χ0n) is 18.7. The largest absolute Gasteiger partial charge is 0.347 e. The third-order valence-corrected chi connectivity index (χ3v) is 5.34. The van der Waals surface area contributed by atoms with Gasteiger partial charge >= 0.3 is 0 Å². The van der Waals surface area contributed by atoms with E-state index < -0.39 is 0 Å². The molecular weight excluding hydrogens is 426 g/mol. The second kappa shape index (κ2) is 10.6. The number of hydrogen-bond acceptors (Lipinski definition) is 6. The highest BCUT2D eigenvalue weighted by Gasteiger charge is 2.21. The zero-order chi connectivity index (χ0) is 21.8. The lowest BCUT2D eigenvalue weighted by Gasteiger charge is -2.23. The van der Waals surface area contributed by atoms with Crippen molar-refractivity contribution in [2.45, 2.75) is 46.2 Å². The number of nitrogens with zero attached hydrogens (tertiary/aromatic N) is 4. The number of benzene rings is 1. The maximum atomic E-state index is 12.9. The summed E-state index contributed by atoms with van der Waals surface area (Å²) in [7, 11) is 0. The van der Waals surface area contributed by atoms with Gasteiger partial charge in [-0.15, -0.1) is 12.4 Å². The van der Waals surface area contributed by atoms with E-state index in [1.165, 1.54) is 11.1 Å². The van der Waals surface area contributed by atoms with Crippen molar-refractivity contribution < 1.29 is 4.79 Å². The first-order valence-corrected chi connectivity index (χ1v) is 10.8. The Morgan fingerprint density at radius 1 is 1.19 bits per heavy atom. The van der Waals surface area contributed by atoms with Crippen molar-refractivity contribution in [3.63, 3.8) is 0 Å². The lowest BCUT2D eigenvalue weighted by Crippen LogP contribution is -2.46. The molecule has 1 aromatic carbocycles. The van der Waals surface area contributed by atoms with Gasteiger partial charge in [-0.05, 0) is 75.5 Å². The van der Waals surface area contributed by atoms with Crippen molar-refractivity contribution in [1.29, 1.82) is 0 Å². The third kappa shape index (κ3) is 5.63. The Bertz CT molecular complexity index is 1060. The van der Waals surface area contributed by atoms with Gasteiger partial charge in [0.1, 0.15) is 11.4 Å². The van der Waals surface area contributed by atoms with Gasteiger partial charge in [0.25, 0.3) is 5.91 Å². The number of carbonyl (C=O) groups is 1. The van der Waals surface area contributed by atoms with E-state index in [9.17, 15) is 4.79 Å². The second-order valence-electron chi connectivity index (χ2n) is 8.01. The molecule has 0 saturated carbocycles. The molecule has 0 radical (unpaired) electrons. The molecule has 1 aliphatic rings. The Hall–Kier alpha value is -2.97. The minimum atomic E-state index is -0.100. The normalized spacial score (nSPS) is 15.7. The van der Waals surface area contributed by atoms with Crippen LogP contribution in [0.15, 0.2) is 36.5 Å². The highest BCUT2D eigenvalue weighted by atomic mass is 35.5. The zero-order valence-corrected chi connectivity index (χ0v) is 19.5. The van der Waals surface area contributed by atoms with Gasteiger partial charge in [0, 0.05) is 31.0 Å². The van der Waals surface area contributed by atoms with Crippen LogP contribution in [0.1, 0.15) is 41.4 Å². The Balaban J connectivity index is 0.00000289. The summed E-state index contributed by atoms with van der Waals surface area (Å²) >= 11 is 0. The van der Waals surface area contributed by atoms with Crippen LogP contribution in [0, 0.1) is 13.8 Å². The topological polar surface area (TPSA) is 96.8 Å². The Morgan fingerprint density at radius 2 is 1.97 bits per heavy atom. The maximum Gasteiger partial charge on any atom is 0.269 e. The van der Waals surface area contributed by atoms with E-state index in [2.05, 4.69) is 63.1 Å². The van der Waals surface area contributed by atoms with Gasteiger partial charge in [-0.3, -0.25) is 9.48 Å². The van der Waals surface area contributed by atoms with Crippen molar-refractivity contribution in [2.75, 3.05) is 18.4 Å². The molecule has 0 spiro atoms. The molecule has 32 heavy (non-hydrogen) atoms. The molecular formula is C23H30ClN7O. The van der Waals surface area contributed by atoms with E-state index in [0.717, 1.165) is 31.6 Å². The van der Waals surface area contributed by atoms with Gasteiger partial charge in [-0.1, -0.05) is 6.07 Å². The Morgan fingerprint density at radius 3 is 2.66 bits per heavy atom. The fraction of sp³-hybridized carbons (Fsp3) is 0.391. The standard InChI is InChI=1S/C23H29N7O.ClH/c1-4-30-21(22(31)26-17-6-5-8-24-14-17)13-20(29-30)19-7-9-25-23(28-19)27-18-11-15(2)10-16(3)12-18;/h7,9-13,17,24H,4-6,8,14H2,1-3H3,(H,26,31)(H,25,27,28);1H/t17-;/m1./s1. The van der Waals surface area contributed by atoms with E-state index in [1.807, 2.05) is 13.0 Å². The van der Waals surface area contributed by atoms with Crippen LogP contribution in [0.25, 0.3) is 11.4 Å². The van der Waals surface area contributed by atoms with E-state index in [4.69, 9.17) is 0 Å². The van der Waals surface area contributed by atoms with Gasteiger partial charge in [0.15, 0.2) is 0 Å². The van der Waals surface area contributed by atoms with E-state index in [0.29, 0.717) is 29.6 Å². The van der Waals surface area contributed by atoms with Gasteiger partial charge in [0.05, 0.1) is 5.69 Å². The molecule has 8 nitrogen and oxygen atoms in total. The molecule has 4 rings (SSSR count). The lowest BCUT2D eigenvalue weighted by atomic mass is 10.1. The van der Waals surface area contributed by atoms with Crippen LogP contribution in [0.5, 0.6) is 0 Å². The molecule has 1 amide bonds. The summed E-state index contributed by atoms with van der Waals surface area (Å²) in [4.78, 5) is 21.8. The van der Waals surface area contributed by atoms with Crippen LogP contribution in [0.2, 0.25) is 0 Å². The van der Waals surface area contributed by atoms with Crippen molar-refractivity contribution in [1.82, 2.24) is 30.4 Å². The smallest absolute Gasteiger partial charge is 0.269 e. The summed E-state index contributed by atoms with van der Waals surface area (Å²) in [5.74, 6) is 0.393. The molecule has 9 heteroatoms. The second-order valence-corrected chi connectivity index (χ2v) is 8.01. The Labute approximate surface area is 194 Å². The summed E-state index contributed by atoms with van der Waals surface area (Å²) in [5, 5.41) is 14.3. The van der Waals surface area contributed by atoms with Gasteiger partial charge in [-0.2, -0.15) is 5.10 Å². The summed E-state index contributed by atoms with van der Waals surface area (Å²) in [6.45, 7) is 8.51. The molecule has 3 N–H and O–H groups in total. The lowest BCUT2D eigenvalue weighted by molar-refractivity contribution is 0.0920. The van der Waals surface area contributed by atoms with Gasteiger partial charge < -0.3 is 16.0 Å². The monoisotopic (exact) mass is 455 g/mol. The minimum absolute atomic E-state index is 0. The van der Waals surface area contributed by atoms with Crippen molar-refractivity contribution in [3.05, 3.63) is 53.3 Å². The maximum absolute atomic E-state index is 12.9. The number of aromatic nitrogens is 4. The third-order valence-electron chi connectivity index (χ3n) is 5.34. The van der Waals surface area contributed by atoms with Crippen molar-refractivity contribution in [3.8, 4) is 11.4 Å². The highest BCUT2D eigenvalue weighted by Crippen LogP contribution is 2.21. The molecule has 0 aliphatic carbocycles. The van der Waals surface area contributed by atoms with E-state index >= 15 is 0 Å². The molecule has 3 heterocycles. The highest BCUT2D eigenvalue weighted by molar-refractivity contribution is 5.93. The van der Waals surface area contributed by atoms with Crippen LogP contribution in [-0.4, -0.2) is 44.8 Å². The molecule has 1 aliphatic heterocycles. The van der Waals surface area contributed by atoms with Gasteiger partial charge in [0.2, 0.25) is 5.95 Å². The van der Waals surface area contributed by atoms with E-state index in [-0.39, 0.29) is 24.4 Å². The number of anilines is 2. The average Bonchev–Trinajstić information content (AvgIpc) is 3.19. The number of rotatable bonds is 6. The first kappa shape index (κ1) is 23.7. The first-order valence-electron chi connectivity index (χ1n) is 10.8. The molecule has 1 saturated heterocycles. The van der Waals surface area contributed by atoms with Crippen molar-refractivity contribution in [2.24, 2.45) is 0 Å². The molecule has 0 unspecified atom stereocenters. The number of halogens is 1. The molecule has 170 valence electrons. The van der Waals surface area contributed by atoms with Crippen LogP contribution in [-0.2, 0) is 6.54 Å². The van der Waals surface area contributed by atoms with Crippen LogP contribution in [0.3, 0.4) is 0 Å². The number of carbonyl (C=O) groups excluding carboxylic acids is 1. The molecule has 1 atom stereocenters. The predicted octanol–water partition coefficient (Wildman–Crippen LogP) is 3.62. The Kier molecular flexibility index (Phi) is 7.82. The van der Waals surface area contributed by atoms with Crippen LogP contribution < -0.4 is 16.0 Å². The predicted molar refractivity (Wildman–Crippen MR) is 129 cm³/mol.